The van der Waals surface area contributed by atoms with Crippen molar-refractivity contribution in [2.45, 2.75) is 13.0 Å². The van der Waals surface area contributed by atoms with Crippen LogP contribution in [0.5, 0.6) is 0 Å². The molecular formula is C16H13N. The summed E-state index contributed by atoms with van der Waals surface area (Å²) < 4.78 is 0. The van der Waals surface area contributed by atoms with Crippen LogP contribution in [0.2, 0.25) is 0 Å². The molecular weight excluding hydrogens is 206 g/mol. The van der Waals surface area contributed by atoms with Crippen molar-refractivity contribution in [1.29, 1.82) is 0 Å². The van der Waals surface area contributed by atoms with Crippen molar-refractivity contribution in [3.8, 4) is 0 Å². The number of benzene rings is 2. The predicted molar refractivity (Wildman–Crippen MR) is 70.4 cm³/mol. The summed E-state index contributed by atoms with van der Waals surface area (Å²) in [6.07, 6.45) is 0. The Kier molecular flexibility index (Phi) is 1.60. The van der Waals surface area contributed by atoms with Crippen LogP contribution in [-0.4, -0.2) is 0 Å². The van der Waals surface area contributed by atoms with Gasteiger partial charge >= 0.3 is 0 Å². The molecule has 1 heteroatoms. The lowest BCUT2D eigenvalue weighted by atomic mass is 9.92. The highest BCUT2D eigenvalue weighted by molar-refractivity contribution is 5.96. The third-order valence-electron chi connectivity index (χ3n) is 3.88. The van der Waals surface area contributed by atoms with Gasteiger partial charge in [-0.15, -0.1) is 0 Å². The molecule has 1 nitrogen and oxygen atoms in total. The van der Waals surface area contributed by atoms with Crippen molar-refractivity contribution in [3.05, 3.63) is 70.8 Å². The fraction of sp³-hybridized carbons (Fsp3) is 0.125. The van der Waals surface area contributed by atoms with Crippen LogP contribution in [0.3, 0.4) is 0 Å². The summed E-state index contributed by atoms with van der Waals surface area (Å²) in [6, 6.07) is 17.7. The summed E-state index contributed by atoms with van der Waals surface area (Å²) in [5.74, 6) is 0. The maximum absolute atomic E-state index is 3.64. The van der Waals surface area contributed by atoms with Gasteiger partial charge in [0.1, 0.15) is 0 Å². The number of hydrogen-bond donors (Lipinski definition) is 1. The number of fused-ring (bicyclic) bond motifs is 7. The number of allylic oxidation sites excluding steroid dienone is 1. The van der Waals surface area contributed by atoms with E-state index in [-0.39, 0.29) is 0 Å². The first-order valence-corrected chi connectivity index (χ1v) is 6.02. The quantitative estimate of drug-likeness (QED) is 0.714. The monoisotopic (exact) mass is 219 g/mol. The van der Waals surface area contributed by atoms with Crippen LogP contribution in [0, 0.1) is 0 Å². The van der Waals surface area contributed by atoms with Crippen LogP contribution in [0.1, 0.15) is 35.2 Å². The zero-order chi connectivity index (χ0) is 11.4. The zero-order valence-electron chi connectivity index (χ0n) is 9.70. The van der Waals surface area contributed by atoms with Gasteiger partial charge in [0.15, 0.2) is 0 Å². The zero-order valence-corrected chi connectivity index (χ0v) is 9.70. The van der Waals surface area contributed by atoms with Gasteiger partial charge in [-0.05, 0) is 29.2 Å². The number of nitrogens with one attached hydrogen (secondary N) is 1. The van der Waals surface area contributed by atoms with Gasteiger partial charge in [0.25, 0.3) is 0 Å². The highest BCUT2D eigenvalue weighted by Crippen LogP contribution is 2.45. The van der Waals surface area contributed by atoms with Crippen molar-refractivity contribution in [2.24, 2.45) is 0 Å². The van der Waals surface area contributed by atoms with Crippen molar-refractivity contribution in [3.63, 3.8) is 0 Å². The molecule has 2 aliphatic heterocycles. The van der Waals surface area contributed by atoms with Gasteiger partial charge in [-0.3, -0.25) is 0 Å². The van der Waals surface area contributed by atoms with E-state index in [1.807, 2.05) is 0 Å². The van der Waals surface area contributed by atoms with Crippen LogP contribution in [0.25, 0.3) is 11.3 Å². The minimum absolute atomic E-state index is 0.348. The highest BCUT2D eigenvalue weighted by Gasteiger charge is 2.33. The van der Waals surface area contributed by atoms with E-state index in [2.05, 4.69) is 60.8 Å². The first-order chi connectivity index (χ1) is 8.36. The Balaban J connectivity index is 2.11. The van der Waals surface area contributed by atoms with E-state index in [0.29, 0.717) is 6.04 Å². The molecule has 2 heterocycles. The van der Waals surface area contributed by atoms with Gasteiger partial charge < -0.3 is 5.32 Å². The van der Waals surface area contributed by atoms with Gasteiger partial charge in [-0.2, -0.15) is 0 Å². The second-order valence-corrected chi connectivity index (χ2v) is 4.75. The number of hydrogen-bond acceptors (Lipinski definition) is 1. The molecule has 2 bridgehead atoms. The van der Waals surface area contributed by atoms with Crippen molar-refractivity contribution in [1.82, 2.24) is 5.32 Å². The van der Waals surface area contributed by atoms with Gasteiger partial charge in [0, 0.05) is 11.3 Å². The smallest absolute Gasteiger partial charge is 0.0780 e. The summed E-state index contributed by atoms with van der Waals surface area (Å²) in [6.45, 7) is 2.21. The van der Waals surface area contributed by atoms with Crippen molar-refractivity contribution >= 4 is 11.3 Å². The van der Waals surface area contributed by atoms with Crippen molar-refractivity contribution in [2.75, 3.05) is 0 Å². The summed E-state index contributed by atoms with van der Waals surface area (Å²) in [4.78, 5) is 0. The fourth-order valence-electron chi connectivity index (χ4n) is 3.06. The molecule has 0 aliphatic carbocycles. The summed E-state index contributed by atoms with van der Waals surface area (Å²) >= 11 is 0. The van der Waals surface area contributed by atoms with E-state index in [4.69, 9.17) is 0 Å². The first kappa shape index (κ1) is 9.06. The molecule has 1 unspecified atom stereocenters. The van der Waals surface area contributed by atoms with Crippen LogP contribution < -0.4 is 5.32 Å². The first-order valence-electron chi connectivity index (χ1n) is 6.02. The molecule has 2 aromatic carbocycles. The Bertz CT molecular complexity index is 646. The Morgan fingerprint density at radius 3 is 2.18 bits per heavy atom. The van der Waals surface area contributed by atoms with Gasteiger partial charge in [-0.1, -0.05) is 48.5 Å². The molecule has 0 radical (unpaired) electrons. The largest absolute Gasteiger partial charge is 0.373 e. The SMILES string of the molecule is CC1=C2NC(c3ccccc31)c1ccccc12. The second kappa shape index (κ2) is 3.01. The molecule has 1 N–H and O–H groups in total. The molecule has 2 aliphatic rings. The van der Waals surface area contributed by atoms with E-state index in [9.17, 15) is 0 Å². The van der Waals surface area contributed by atoms with Crippen LogP contribution >= 0.6 is 0 Å². The molecule has 0 saturated carbocycles. The van der Waals surface area contributed by atoms with E-state index < -0.39 is 0 Å². The van der Waals surface area contributed by atoms with Crippen molar-refractivity contribution < 1.29 is 0 Å². The predicted octanol–water partition coefficient (Wildman–Crippen LogP) is 3.58. The topological polar surface area (TPSA) is 12.0 Å². The maximum Gasteiger partial charge on any atom is 0.0780 e. The van der Waals surface area contributed by atoms with Gasteiger partial charge in [0.2, 0.25) is 0 Å². The third-order valence-corrected chi connectivity index (χ3v) is 3.88. The molecule has 4 rings (SSSR count). The second-order valence-electron chi connectivity index (χ2n) is 4.75. The van der Waals surface area contributed by atoms with E-state index in [0.717, 1.165) is 0 Å². The summed E-state index contributed by atoms with van der Waals surface area (Å²) in [7, 11) is 0. The Morgan fingerprint density at radius 2 is 1.41 bits per heavy atom. The lowest BCUT2D eigenvalue weighted by Crippen LogP contribution is -2.19. The van der Waals surface area contributed by atoms with Crippen LogP contribution in [0.15, 0.2) is 48.5 Å². The summed E-state index contributed by atoms with van der Waals surface area (Å²) in [5.41, 5.74) is 8.24. The van der Waals surface area contributed by atoms with E-state index in [1.54, 1.807) is 0 Å². The molecule has 2 aromatic rings. The average molecular weight is 219 g/mol. The molecule has 82 valence electrons. The molecule has 0 spiro atoms. The van der Waals surface area contributed by atoms with E-state index in [1.165, 1.54) is 33.5 Å². The minimum atomic E-state index is 0.348. The molecule has 17 heavy (non-hydrogen) atoms. The minimum Gasteiger partial charge on any atom is -0.373 e. The Labute approximate surface area is 101 Å². The fourth-order valence-corrected chi connectivity index (χ4v) is 3.06. The Hall–Kier alpha value is -2.02. The molecule has 0 fully saturated rings. The normalized spacial score (nSPS) is 19.7. The van der Waals surface area contributed by atoms with E-state index >= 15 is 0 Å². The lowest BCUT2D eigenvalue weighted by molar-refractivity contribution is 0.771. The molecule has 0 aromatic heterocycles. The number of rotatable bonds is 0. The van der Waals surface area contributed by atoms with Gasteiger partial charge in [0.05, 0.1) is 6.04 Å². The summed E-state index contributed by atoms with van der Waals surface area (Å²) in [5, 5.41) is 3.64. The molecule has 0 saturated heterocycles. The Morgan fingerprint density at radius 1 is 0.824 bits per heavy atom. The van der Waals surface area contributed by atoms with Crippen LogP contribution in [-0.2, 0) is 0 Å². The maximum atomic E-state index is 3.64. The third kappa shape index (κ3) is 1.04. The molecule has 1 atom stereocenters. The molecule has 0 amide bonds. The standard InChI is InChI=1S/C16H13N/c1-10-11-6-2-3-7-12(11)16-14-9-5-4-8-13(14)15(10)17-16/h2-9,16-17H,1H3. The van der Waals surface area contributed by atoms with Gasteiger partial charge in [-0.25, -0.2) is 0 Å². The highest BCUT2D eigenvalue weighted by atomic mass is 15.0. The average Bonchev–Trinajstić information content (AvgIpc) is 2.73. The lowest BCUT2D eigenvalue weighted by Gasteiger charge is -2.23. The van der Waals surface area contributed by atoms with Crippen LogP contribution in [0.4, 0.5) is 0 Å².